The predicted octanol–water partition coefficient (Wildman–Crippen LogP) is 1.32. The maximum absolute atomic E-state index is 13.2. The molecular weight excluding hydrogens is 257 g/mol. The Labute approximate surface area is 106 Å². The lowest BCUT2D eigenvalue weighted by molar-refractivity contribution is 0.224. The zero-order chi connectivity index (χ0) is 13.3. The van der Waals surface area contributed by atoms with Crippen molar-refractivity contribution in [2.24, 2.45) is 0 Å². The Morgan fingerprint density at radius 1 is 1.33 bits per heavy atom. The number of benzene rings is 1. The smallest absolute Gasteiger partial charge is 0.152 e. The molecule has 1 N–H and O–H groups in total. The maximum atomic E-state index is 13.2. The van der Waals surface area contributed by atoms with Gasteiger partial charge in [-0.05, 0) is 25.1 Å². The Bertz CT molecular complexity index is 530. The van der Waals surface area contributed by atoms with Gasteiger partial charge in [0.2, 0.25) is 0 Å². The summed E-state index contributed by atoms with van der Waals surface area (Å²) in [5.74, 6) is -0.127. The van der Waals surface area contributed by atoms with Crippen LogP contribution in [-0.2, 0) is 9.84 Å². The molecule has 0 bridgehead atoms. The molecule has 0 radical (unpaired) electrons. The van der Waals surface area contributed by atoms with Crippen LogP contribution in [0.15, 0.2) is 18.2 Å². The van der Waals surface area contributed by atoms with Crippen LogP contribution >= 0.6 is 0 Å². The Hall–Kier alpha value is -1.14. The van der Waals surface area contributed by atoms with Crippen molar-refractivity contribution in [3.8, 4) is 5.75 Å². The number of nitrogens with zero attached hydrogens (tertiary/aromatic N) is 1. The van der Waals surface area contributed by atoms with Crippen LogP contribution in [0.25, 0.3) is 0 Å². The third-order valence-electron chi connectivity index (χ3n) is 3.37. The van der Waals surface area contributed by atoms with Crippen molar-refractivity contribution in [3.63, 3.8) is 0 Å². The van der Waals surface area contributed by atoms with Crippen LogP contribution in [0.2, 0.25) is 0 Å². The van der Waals surface area contributed by atoms with Gasteiger partial charge in [0.25, 0.3) is 0 Å². The highest BCUT2D eigenvalue weighted by molar-refractivity contribution is 7.91. The van der Waals surface area contributed by atoms with E-state index in [2.05, 4.69) is 0 Å². The monoisotopic (exact) mass is 273 g/mol. The first-order valence-electron chi connectivity index (χ1n) is 5.82. The van der Waals surface area contributed by atoms with Crippen molar-refractivity contribution in [2.45, 2.75) is 13.0 Å². The van der Waals surface area contributed by atoms with E-state index in [1.807, 2.05) is 11.8 Å². The number of phenolic OH excluding ortho intramolecular Hbond substituents is 1. The largest absolute Gasteiger partial charge is 0.508 e. The Morgan fingerprint density at radius 2 is 1.94 bits per heavy atom. The van der Waals surface area contributed by atoms with Crippen LogP contribution < -0.4 is 0 Å². The molecule has 1 fully saturated rings. The molecule has 1 heterocycles. The maximum Gasteiger partial charge on any atom is 0.152 e. The van der Waals surface area contributed by atoms with Gasteiger partial charge in [-0.15, -0.1) is 0 Å². The number of phenols is 1. The lowest BCUT2D eigenvalue weighted by Gasteiger charge is -2.32. The standard InChI is InChI=1S/C12H16FNO3S/c1-9(11-8-10(13)2-3-12(11)15)14-4-6-18(16,17)7-5-14/h2-3,8-9,15H,4-7H2,1H3. The zero-order valence-electron chi connectivity index (χ0n) is 10.1. The molecule has 6 heteroatoms. The predicted molar refractivity (Wildman–Crippen MR) is 66.7 cm³/mol. The van der Waals surface area contributed by atoms with Gasteiger partial charge in [-0.3, -0.25) is 4.90 Å². The van der Waals surface area contributed by atoms with Crippen molar-refractivity contribution in [1.82, 2.24) is 4.90 Å². The fourth-order valence-electron chi connectivity index (χ4n) is 2.17. The minimum Gasteiger partial charge on any atom is -0.508 e. The first-order chi connectivity index (χ1) is 8.39. The summed E-state index contributed by atoms with van der Waals surface area (Å²) in [6, 6.07) is 3.62. The van der Waals surface area contributed by atoms with E-state index < -0.39 is 15.7 Å². The van der Waals surface area contributed by atoms with E-state index in [0.717, 1.165) is 0 Å². The van der Waals surface area contributed by atoms with Crippen molar-refractivity contribution in [1.29, 1.82) is 0 Å². The lowest BCUT2D eigenvalue weighted by Crippen LogP contribution is -2.41. The van der Waals surface area contributed by atoms with Gasteiger partial charge in [0.05, 0.1) is 11.5 Å². The molecule has 100 valence electrons. The van der Waals surface area contributed by atoms with Crippen molar-refractivity contribution >= 4 is 9.84 Å². The van der Waals surface area contributed by atoms with Crippen LogP contribution in [0.1, 0.15) is 18.5 Å². The summed E-state index contributed by atoms with van der Waals surface area (Å²) in [5, 5.41) is 9.73. The van der Waals surface area contributed by atoms with E-state index >= 15 is 0 Å². The van der Waals surface area contributed by atoms with Gasteiger partial charge in [0.1, 0.15) is 11.6 Å². The molecule has 0 spiro atoms. The molecule has 0 saturated carbocycles. The minimum absolute atomic E-state index is 0.0392. The summed E-state index contributed by atoms with van der Waals surface area (Å²) in [5.41, 5.74) is 0.495. The molecule has 2 rings (SSSR count). The minimum atomic E-state index is -2.93. The summed E-state index contributed by atoms with van der Waals surface area (Å²) >= 11 is 0. The summed E-state index contributed by atoms with van der Waals surface area (Å²) in [4.78, 5) is 1.94. The Balaban J connectivity index is 2.17. The Kier molecular flexibility index (Phi) is 3.59. The van der Waals surface area contributed by atoms with Crippen molar-refractivity contribution in [2.75, 3.05) is 24.6 Å². The summed E-state index contributed by atoms with van der Waals surface area (Å²) in [6.07, 6.45) is 0. The molecule has 1 aromatic rings. The average Bonchev–Trinajstić information content (AvgIpc) is 2.31. The molecule has 1 aliphatic rings. The highest BCUT2D eigenvalue weighted by atomic mass is 32.2. The van der Waals surface area contributed by atoms with E-state index in [1.54, 1.807) is 0 Å². The van der Waals surface area contributed by atoms with Gasteiger partial charge in [0.15, 0.2) is 9.84 Å². The number of sulfone groups is 1. The van der Waals surface area contributed by atoms with Gasteiger partial charge >= 0.3 is 0 Å². The first kappa shape index (κ1) is 13.3. The second-order valence-electron chi connectivity index (χ2n) is 4.57. The van der Waals surface area contributed by atoms with Gasteiger partial charge in [-0.25, -0.2) is 12.8 Å². The molecule has 1 aromatic carbocycles. The molecule has 1 aliphatic heterocycles. The van der Waals surface area contributed by atoms with Crippen LogP contribution in [-0.4, -0.2) is 43.0 Å². The van der Waals surface area contributed by atoms with Gasteiger partial charge < -0.3 is 5.11 Å². The van der Waals surface area contributed by atoms with Crippen LogP contribution in [0.5, 0.6) is 5.75 Å². The van der Waals surface area contributed by atoms with E-state index in [0.29, 0.717) is 18.7 Å². The number of hydrogen-bond acceptors (Lipinski definition) is 4. The molecule has 0 aromatic heterocycles. The fraction of sp³-hybridized carbons (Fsp3) is 0.500. The second kappa shape index (κ2) is 4.85. The molecule has 1 unspecified atom stereocenters. The summed E-state index contributed by atoms with van der Waals surface area (Å²) < 4.78 is 35.9. The third kappa shape index (κ3) is 2.81. The molecule has 1 saturated heterocycles. The van der Waals surface area contributed by atoms with Crippen molar-refractivity contribution < 1.29 is 17.9 Å². The van der Waals surface area contributed by atoms with E-state index in [4.69, 9.17) is 0 Å². The first-order valence-corrected chi connectivity index (χ1v) is 7.64. The molecule has 4 nitrogen and oxygen atoms in total. The van der Waals surface area contributed by atoms with Crippen LogP contribution in [0.4, 0.5) is 4.39 Å². The third-order valence-corrected chi connectivity index (χ3v) is 4.98. The normalized spacial score (nSPS) is 21.7. The average molecular weight is 273 g/mol. The topological polar surface area (TPSA) is 57.6 Å². The van der Waals surface area contributed by atoms with Gasteiger partial charge in [-0.1, -0.05) is 0 Å². The highest BCUT2D eigenvalue weighted by Gasteiger charge is 2.26. The number of aromatic hydroxyl groups is 1. The van der Waals surface area contributed by atoms with E-state index in [-0.39, 0.29) is 23.3 Å². The van der Waals surface area contributed by atoms with E-state index in [1.165, 1.54) is 18.2 Å². The molecule has 18 heavy (non-hydrogen) atoms. The van der Waals surface area contributed by atoms with Gasteiger partial charge in [0, 0.05) is 24.7 Å². The Morgan fingerprint density at radius 3 is 2.56 bits per heavy atom. The van der Waals surface area contributed by atoms with Gasteiger partial charge in [-0.2, -0.15) is 0 Å². The summed E-state index contributed by atoms with van der Waals surface area (Å²) in [6.45, 7) is 2.67. The fourth-order valence-corrected chi connectivity index (χ4v) is 3.40. The molecular formula is C12H16FNO3S. The van der Waals surface area contributed by atoms with Crippen LogP contribution in [0.3, 0.4) is 0 Å². The lowest BCUT2D eigenvalue weighted by atomic mass is 10.1. The van der Waals surface area contributed by atoms with Crippen molar-refractivity contribution in [3.05, 3.63) is 29.6 Å². The highest BCUT2D eigenvalue weighted by Crippen LogP contribution is 2.29. The second-order valence-corrected chi connectivity index (χ2v) is 6.87. The zero-order valence-corrected chi connectivity index (χ0v) is 11.0. The SMILES string of the molecule is CC(c1cc(F)ccc1O)N1CCS(=O)(=O)CC1. The number of halogens is 1. The molecule has 1 atom stereocenters. The molecule has 0 amide bonds. The van der Waals surface area contributed by atoms with E-state index in [9.17, 15) is 17.9 Å². The van der Waals surface area contributed by atoms with Crippen LogP contribution in [0, 0.1) is 5.82 Å². The number of hydrogen-bond donors (Lipinski definition) is 1. The summed E-state index contributed by atoms with van der Waals surface area (Å²) in [7, 11) is -2.93. The molecule has 0 aliphatic carbocycles. The quantitative estimate of drug-likeness (QED) is 0.883. The number of rotatable bonds is 2.